The average molecular weight is 483 g/mol. The van der Waals surface area contributed by atoms with E-state index in [9.17, 15) is 19.2 Å². The van der Waals surface area contributed by atoms with Gasteiger partial charge in [0.1, 0.15) is 11.6 Å². The summed E-state index contributed by atoms with van der Waals surface area (Å²) < 4.78 is 5.12. The lowest BCUT2D eigenvalue weighted by molar-refractivity contribution is -0.147. The van der Waals surface area contributed by atoms with Crippen LogP contribution in [0.2, 0.25) is 0 Å². The highest BCUT2D eigenvalue weighted by Crippen LogP contribution is 2.21. The largest absolute Gasteiger partial charge is 0.464 e. The third-order valence-corrected chi connectivity index (χ3v) is 6.88. The lowest BCUT2D eigenvalue weighted by Crippen LogP contribution is -2.60. The van der Waals surface area contributed by atoms with Crippen molar-refractivity contribution in [1.29, 1.82) is 0 Å². The molecule has 0 heterocycles. The Bertz CT molecular complexity index is 784. The molecule has 1 aromatic rings. The first-order chi connectivity index (χ1) is 15.0. The van der Waals surface area contributed by atoms with Gasteiger partial charge in [-0.1, -0.05) is 55.9 Å². The summed E-state index contributed by atoms with van der Waals surface area (Å²) in [6, 6.07) is 8.97. The summed E-state index contributed by atoms with van der Waals surface area (Å²) >= 11 is 2.45. The zero-order chi connectivity index (χ0) is 24.3. The van der Waals surface area contributed by atoms with E-state index in [4.69, 9.17) is 4.74 Å². The van der Waals surface area contributed by atoms with E-state index in [-0.39, 0.29) is 17.6 Å². The Morgan fingerprint density at radius 3 is 2.25 bits per heavy atom. The molecule has 1 aromatic carbocycles. The molecule has 178 valence electrons. The third-order valence-electron chi connectivity index (χ3n) is 4.43. The fraction of sp³-hybridized carbons (Fsp3) is 0.565. The number of rotatable bonds is 12. The number of esters is 1. The number of benzene rings is 1. The maximum atomic E-state index is 13.0. The molecule has 2 N–H and O–H groups in total. The minimum absolute atomic E-state index is 0.0931. The fourth-order valence-corrected chi connectivity index (χ4v) is 4.52. The van der Waals surface area contributed by atoms with Crippen LogP contribution in [0.1, 0.15) is 47.1 Å². The Labute approximate surface area is 199 Å². The van der Waals surface area contributed by atoms with Crippen LogP contribution in [-0.4, -0.2) is 52.1 Å². The molecule has 0 saturated carbocycles. The molecule has 0 aliphatic rings. The number of carbonyl (C=O) groups excluding carboxylic acids is 4. The van der Waals surface area contributed by atoms with Crippen LogP contribution in [0, 0.1) is 5.92 Å². The van der Waals surface area contributed by atoms with E-state index in [1.54, 1.807) is 20.8 Å². The van der Waals surface area contributed by atoms with Crippen LogP contribution in [0.3, 0.4) is 0 Å². The Hall–Kier alpha value is -2.00. The molecule has 1 rings (SSSR count). The Balaban J connectivity index is 2.81. The summed E-state index contributed by atoms with van der Waals surface area (Å²) in [5.41, 5.74) is -0.169. The predicted octanol–water partition coefficient (Wildman–Crippen LogP) is 3.17. The van der Waals surface area contributed by atoms with E-state index in [1.807, 2.05) is 44.2 Å². The molecule has 0 aliphatic carbocycles. The quantitative estimate of drug-likeness (QED) is 0.441. The van der Waals surface area contributed by atoms with Crippen LogP contribution >= 0.6 is 23.5 Å². The second-order valence-corrected chi connectivity index (χ2v) is 10.5. The molecule has 9 heteroatoms. The van der Waals surface area contributed by atoms with Gasteiger partial charge >= 0.3 is 5.97 Å². The predicted molar refractivity (Wildman–Crippen MR) is 130 cm³/mol. The van der Waals surface area contributed by atoms with Gasteiger partial charge in [-0.25, -0.2) is 4.79 Å². The van der Waals surface area contributed by atoms with Crippen molar-refractivity contribution in [1.82, 2.24) is 10.6 Å². The smallest absolute Gasteiger partial charge is 0.329 e. The van der Waals surface area contributed by atoms with Crippen molar-refractivity contribution >= 4 is 46.4 Å². The van der Waals surface area contributed by atoms with Crippen molar-refractivity contribution in [3.63, 3.8) is 0 Å². The normalized spacial score (nSPS) is 13.2. The van der Waals surface area contributed by atoms with Gasteiger partial charge in [0.2, 0.25) is 11.8 Å². The van der Waals surface area contributed by atoms with Gasteiger partial charge in [-0.2, -0.15) is 11.8 Å². The molecule has 0 unspecified atom stereocenters. The highest BCUT2D eigenvalue weighted by Gasteiger charge is 2.36. The maximum Gasteiger partial charge on any atom is 0.329 e. The Morgan fingerprint density at radius 1 is 1.09 bits per heavy atom. The van der Waals surface area contributed by atoms with E-state index >= 15 is 0 Å². The molecular formula is C23H34N2O5S2. The number of ether oxygens (including phenoxy) is 1. The molecule has 2 amide bonds. The minimum Gasteiger partial charge on any atom is -0.464 e. The maximum absolute atomic E-state index is 13.0. The van der Waals surface area contributed by atoms with E-state index in [2.05, 4.69) is 10.6 Å². The highest BCUT2D eigenvalue weighted by atomic mass is 32.2. The zero-order valence-corrected chi connectivity index (χ0v) is 21.2. The molecule has 0 aromatic heterocycles. The monoisotopic (exact) mass is 482 g/mol. The summed E-state index contributed by atoms with van der Waals surface area (Å²) in [5.74, 6) is -0.491. The first-order valence-corrected chi connectivity index (χ1v) is 12.6. The van der Waals surface area contributed by atoms with Gasteiger partial charge in [-0.05, 0) is 32.3 Å². The number of amides is 2. The summed E-state index contributed by atoms with van der Waals surface area (Å²) in [6.45, 7) is 10.1. The van der Waals surface area contributed by atoms with Crippen LogP contribution in [0.15, 0.2) is 30.3 Å². The third kappa shape index (κ3) is 9.65. The molecule has 0 aliphatic heterocycles. The Morgan fingerprint density at radius 2 is 1.72 bits per heavy atom. The van der Waals surface area contributed by atoms with Crippen LogP contribution in [-0.2, 0) is 29.7 Å². The van der Waals surface area contributed by atoms with E-state index in [0.29, 0.717) is 11.5 Å². The van der Waals surface area contributed by atoms with Gasteiger partial charge in [0, 0.05) is 18.4 Å². The average Bonchev–Trinajstić information content (AvgIpc) is 2.71. The molecule has 0 saturated heterocycles. The SMILES string of the molecule is CCOC(=O)[C@@H](CSCc1ccccc1)NC(=O)C(C)(C)NC(=O)[C@@H](SC(C)=O)C(C)C. The van der Waals surface area contributed by atoms with E-state index < -0.39 is 34.6 Å². The second kappa shape index (κ2) is 13.5. The van der Waals surface area contributed by atoms with Crippen LogP contribution in [0.4, 0.5) is 0 Å². The second-order valence-electron chi connectivity index (χ2n) is 8.17. The van der Waals surface area contributed by atoms with E-state index in [0.717, 1.165) is 17.3 Å². The van der Waals surface area contributed by atoms with Crippen LogP contribution in [0.5, 0.6) is 0 Å². The zero-order valence-electron chi connectivity index (χ0n) is 19.6. The molecule has 0 radical (unpaired) electrons. The number of nitrogens with one attached hydrogen (secondary N) is 2. The van der Waals surface area contributed by atoms with Gasteiger partial charge in [0.15, 0.2) is 5.12 Å². The summed E-state index contributed by atoms with van der Waals surface area (Å²) in [5, 5.41) is 4.66. The van der Waals surface area contributed by atoms with E-state index in [1.165, 1.54) is 18.7 Å². The van der Waals surface area contributed by atoms with Crippen LogP contribution < -0.4 is 10.6 Å². The number of hydrogen-bond acceptors (Lipinski definition) is 7. The summed E-state index contributed by atoms with van der Waals surface area (Å²) in [7, 11) is 0. The molecule has 7 nitrogen and oxygen atoms in total. The summed E-state index contributed by atoms with van der Waals surface area (Å²) in [6.07, 6.45) is 0. The Kier molecular flexibility index (Phi) is 11.8. The van der Waals surface area contributed by atoms with Crippen LogP contribution in [0.25, 0.3) is 0 Å². The lowest BCUT2D eigenvalue weighted by Gasteiger charge is -2.30. The van der Waals surface area contributed by atoms with Gasteiger partial charge in [-0.15, -0.1) is 0 Å². The number of carbonyl (C=O) groups is 4. The molecule has 0 fully saturated rings. The lowest BCUT2D eigenvalue weighted by atomic mass is 10.0. The van der Waals surface area contributed by atoms with Crippen molar-refractivity contribution in [2.45, 2.75) is 64.1 Å². The number of thioether (sulfide) groups is 2. The van der Waals surface area contributed by atoms with Gasteiger partial charge in [0.25, 0.3) is 0 Å². The van der Waals surface area contributed by atoms with Gasteiger partial charge < -0.3 is 15.4 Å². The van der Waals surface area contributed by atoms with Crippen molar-refractivity contribution in [3.8, 4) is 0 Å². The molecule has 2 atom stereocenters. The van der Waals surface area contributed by atoms with Crippen molar-refractivity contribution < 1.29 is 23.9 Å². The van der Waals surface area contributed by atoms with Gasteiger partial charge in [0.05, 0.1) is 11.9 Å². The molecule has 0 spiro atoms. The standard InChI is InChI=1S/C23H34N2O5S2/c1-7-30-21(28)18(14-31-13-17-11-9-8-10-12-17)24-22(29)23(5,6)25-20(27)19(15(2)3)32-16(4)26/h8-12,15,18-19H,7,13-14H2,1-6H3,(H,24,29)(H,25,27)/t18-,19+/m1/s1. The van der Waals surface area contributed by atoms with Crippen molar-refractivity contribution in [2.24, 2.45) is 5.92 Å². The topological polar surface area (TPSA) is 102 Å². The first-order valence-electron chi connectivity index (χ1n) is 10.6. The minimum atomic E-state index is -1.28. The molecule has 32 heavy (non-hydrogen) atoms. The fourth-order valence-electron chi connectivity index (χ4n) is 2.73. The van der Waals surface area contributed by atoms with Crippen molar-refractivity contribution in [2.75, 3.05) is 12.4 Å². The first kappa shape index (κ1) is 28.0. The molecular weight excluding hydrogens is 448 g/mol. The van der Waals surface area contributed by atoms with Gasteiger partial charge in [-0.3, -0.25) is 14.4 Å². The van der Waals surface area contributed by atoms with Crippen molar-refractivity contribution in [3.05, 3.63) is 35.9 Å². The molecule has 0 bridgehead atoms. The highest BCUT2D eigenvalue weighted by molar-refractivity contribution is 8.14. The summed E-state index contributed by atoms with van der Waals surface area (Å²) in [4.78, 5) is 49.6. The number of hydrogen-bond donors (Lipinski definition) is 2.